The van der Waals surface area contributed by atoms with Crippen LogP contribution >= 0.6 is 0 Å². The molecule has 1 atom stereocenters. The molecule has 1 N–H and O–H groups in total. The molecule has 3 aromatic rings. The Morgan fingerprint density at radius 2 is 1.53 bits per heavy atom. The minimum atomic E-state index is -0.488. The average Bonchev–Trinajstić information content (AvgIpc) is 2.79. The van der Waals surface area contributed by atoms with Gasteiger partial charge in [-0.3, -0.25) is 14.5 Å². The fourth-order valence-corrected chi connectivity index (χ4v) is 4.18. The highest BCUT2D eigenvalue weighted by molar-refractivity contribution is 5.95. The zero-order chi connectivity index (χ0) is 22.3. The van der Waals surface area contributed by atoms with Gasteiger partial charge >= 0.3 is 0 Å². The standard InChI is InChI=1S/C27H29N3O2/c1-21-9-8-14-24(17-21)28-26(31)18-25-27(32)30(20-23-12-6-3-7-13-23)16-15-29(25)19-22-10-4-2-5-11-22/h2-14,17,25H,15-16,18-20H2,1H3,(H,28,31). The van der Waals surface area contributed by atoms with Gasteiger partial charge in [0.15, 0.2) is 0 Å². The lowest BCUT2D eigenvalue weighted by Gasteiger charge is -2.40. The summed E-state index contributed by atoms with van der Waals surface area (Å²) >= 11 is 0. The first kappa shape index (κ1) is 21.8. The van der Waals surface area contributed by atoms with Crippen LogP contribution in [0.15, 0.2) is 84.9 Å². The van der Waals surface area contributed by atoms with Crippen molar-refractivity contribution in [2.24, 2.45) is 0 Å². The summed E-state index contributed by atoms with van der Waals surface area (Å²) in [6.07, 6.45) is 0.130. The molecular weight excluding hydrogens is 398 g/mol. The number of rotatable bonds is 7. The topological polar surface area (TPSA) is 52.7 Å². The molecule has 1 heterocycles. The van der Waals surface area contributed by atoms with Gasteiger partial charge in [-0.1, -0.05) is 72.8 Å². The van der Waals surface area contributed by atoms with Gasteiger partial charge in [0.1, 0.15) is 0 Å². The lowest BCUT2D eigenvalue weighted by atomic mass is 10.0. The van der Waals surface area contributed by atoms with Crippen LogP contribution in [0.1, 0.15) is 23.1 Å². The SMILES string of the molecule is Cc1cccc(NC(=O)CC2C(=O)N(Cc3ccccc3)CCN2Cc2ccccc2)c1. The maximum atomic E-state index is 13.5. The molecule has 1 fully saturated rings. The Morgan fingerprint density at radius 1 is 0.875 bits per heavy atom. The molecule has 32 heavy (non-hydrogen) atoms. The molecule has 0 saturated carbocycles. The second kappa shape index (κ2) is 10.2. The van der Waals surface area contributed by atoms with Crippen LogP contribution in [0.3, 0.4) is 0 Å². The van der Waals surface area contributed by atoms with Crippen LogP contribution in [0.5, 0.6) is 0 Å². The van der Waals surface area contributed by atoms with Crippen LogP contribution in [0.2, 0.25) is 0 Å². The van der Waals surface area contributed by atoms with Gasteiger partial charge in [-0.2, -0.15) is 0 Å². The quantitative estimate of drug-likeness (QED) is 0.614. The van der Waals surface area contributed by atoms with E-state index in [1.54, 1.807) is 0 Å². The van der Waals surface area contributed by atoms with Gasteiger partial charge in [0.2, 0.25) is 11.8 Å². The summed E-state index contributed by atoms with van der Waals surface area (Å²) in [5, 5.41) is 2.96. The summed E-state index contributed by atoms with van der Waals surface area (Å²) in [7, 11) is 0. The Kier molecular flexibility index (Phi) is 6.97. The van der Waals surface area contributed by atoms with E-state index in [1.165, 1.54) is 0 Å². The van der Waals surface area contributed by atoms with E-state index in [4.69, 9.17) is 0 Å². The third-order valence-electron chi connectivity index (χ3n) is 5.82. The largest absolute Gasteiger partial charge is 0.336 e. The molecule has 3 aromatic carbocycles. The molecule has 1 aliphatic heterocycles. The molecule has 0 aromatic heterocycles. The zero-order valence-corrected chi connectivity index (χ0v) is 18.4. The minimum absolute atomic E-state index is 0.00965. The molecule has 4 rings (SSSR count). The average molecular weight is 428 g/mol. The van der Waals surface area contributed by atoms with E-state index in [0.717, 1.165) is 28.9 Å². The van der Waals surface area contributed by atoms with Crippen molar-refractivity contribution in [1.82, 2.24) is 9.80 Å². The third kappa shape index (κ3) is 5.62. The highest BCUT2D eigenvalue weighted by Gasteiger charge is 2.36. The fourth-order valence-electron chi connectivity index (χ4n) is 4.18. The highest BCUT2D eigenvalue weighted by atomic mass is 16.2. The van der Waals surface area contributed by atoms with E-state index >= 15 is 0 Å². The van der Waals surface area contributed by atoms with E-state index in [0.29, 0.717) is 19.6 Å². The van der Waals surface area contributed by atoms with Crippen molar-refractivity contribution in [2.75, 3.05) is 18.4 Å². The van der Waals surface area contributed by atoms with Gasteiger partial charge in [-0.25, -0.2) is 0 Å². The number of nitrogens with zero attached hydrogens (tertiary/aromatic N) is 2. The molecule has 1 unspecified atom stereocenters. The normalized spacial score (nSPS) is 16.7. The summed E-state index contributed by atoms with van der Waals surface area (Å²) < 4.78 is 0. The zero-order valence-electron chi connectivity index (χ0n) is 18.4. The second-order valence-electron chi connectivity index (χ2n) is 8.34. The Morgan fingerprint density at radius 3 is 2.19 bits per heavy atom. The van der Waals surface area contributed by atoms with Crippen molar-refractivity contribution in [3.05, 3.63) is 102 Å². The van der Waals surface area contributed by atoms with Crippen LogP contribution in [-0.4, -0.2) is 40.7 Å². The van der Waals surface area contributed by atoms with E-state index < -0.39 is 6.04 Å². The second-order valence-corrected chi connectivity index (χ2v) is 8.34. The predicted octanol–water partition coefficient (Wildman–Crippen LogP) is 4.24. The van der Waals surface area contributed by atoms with Crippen molar-refractivity contribution in [3.63, 3.8) is 0 Å². The smallest absolute Gasteiger partial charge is 0.240 e. The van der Waals surface area contributed by atoms with Gasteiger partial charge in [-0.05, 0) is 35.7 Å². The molecule has 1 saturated heterocycles. The minimum Gasteiger partial charge on any atom is -0.336 e. The van der Waals surface area contributed by atoms with Crippen molar-refractivity contribution in [1.29, 1.82) is 0 Å². The number of hydrogen-bond donors (Lipinski definition) is 1. The Balaban J connectivity index is 1.50. The number of carbonyl (C=O) groups is 2. The van der Waals surface area contributed by atoms with Crippen LogP contribution in [0.25, 0.3) is 0 Å². The van der Waals surface area contributed by atoms with Gasteiger partial charge in [0.25, 0.3) is 0 Å². The number of nitrogens with one attached hydrogen (secondary N) is 1. The van der Waals surface area contributed by atoms with E-state index in [9.17, 15) is 9.59 Å². The monoisotopic (exact) mass is 427 g/mol. The maximum absolute atomic E-state index is 13.5. The number of amides is 2. The summed E-state index contributed by atoms with van der Waals surface area (Å²) in [4.78, 5) is 30.4. The molecule has 1 aliphatic rings. The van der Waals surface area contributed by atoms with E-state index in [2.05, 4.69) is 22.3 Å². The van der Waals surface area contributed by atoms with Crippen LogP contribution in [0, 0.1) is 6.92 Å². The molecule has 5 nitrogen and oxygen atoms in total. The number of benzene rings is 3. The van der Waals surface area contributed by atoms with Crippen LogP contribution < -0.4 is 5.32 Å². The van der Waals surface area contributed by atoms with Gasteiger partial charge in [0, 0.05) is 31.9 Å². The number of carbonyl (C=O) groups excluding carboxylic acids is 2. The molecule has 164 valence electrons. The third-order valence-corrected chi connectivity index (χ3v) is 5.82. The first-order valence-corrected chi connectivity index (χ1v) is 11.1. The summed E-state index contributed by atoms with van der Waals surface area (Å²) in [5.41, 5.74) is 4.08. The van der Waals surface area contributed by atoms with E-state index in [1.807, 2.05) is 84.6 Å². The predicted molar refractivity (Wildman–Crippen MR) is 127 cm³/mol. The lowest BCUT2D eigenvalue weighted by Crippen LogP contribution is -2.57. The Labute approximate surface area is 189 Å². The number of hydrogen-bond acceptors (Lipinski definition) is 3. The lowest BCUT2D eigenvalue weighted by molar-refractivity contribution is -0.145. The number of piperazine rings is 1. The highest BCUT2D eigenvalue weighted by Crippen LogP contribution is 2.21. The van der Waals surface area contributed by atoms with Crippen molar-refractivity contribution in [2.45, 2.75) is 32.5 Å². The van der Waals surface area contributed by atoms with E-state index in [-0.39, 0.29) is 18.2 Å². The molecule has 0 spiro atoms. The fraction of sp³-hybridized carbons (Fsp3) is 0.259. The molecule has 0 radical (unpaired) electrons. The first-order valence-electron chi connectivity index (χ1n) is 11.1. The van der Waals surface area contributed by atoms with Gasteiger partial charge in [-0.15, -0.1) is 0 Å². The van der Waals surface area contributed by atoms with Crippen molar-refractivity contribution in [3.8, 4) is 0 Å². The number of aryl methyl sites for hydroxylation is 1. The molecular formula is C27H29N3O2. The summed E-state index contributed by atoms with van der Waals surface area (Å²) in [5.74, 6) is -0.135. The summed E-state index contributed by atoms with van der Waals surface area (Å²) in [6, 6.07) is 27.3. The molecule has 0 bridgehead atoms. The van der Waals surface area contributed by atoms with Gasteiger partial charge in [0.05, 0.1) is 12.5 Å². The maximum Gasteiger partial charge on any atom is 0.240 e. The Bertz CT molecular complexity index is 1050. The summed E-state index contributed by atoms with van der Waals surface area (Å²) in [6.45, 7) is 4.58. The van der Waals surface area contributed by atoms with Crippen LogP contribution in [0.4, 0.5) is 5.69 Å². The molecule has 0 aliphatic carbocycles. The number of anilines is 1. The first-order chi connectivity index (χ1) is 15.6. The van der Waals surface area contributed by atoms with Crippen LogP contribution in [-0.2, 0) is 22.7 Å². The van der Waals surface area contributed by atoms with Crippen molar-refractivity contribution < 1.29 is 9.59 Å². The van der Waals surface area contributed by atoms with Gasteiger partial charge < -0.3 is 10.2 Å². The Hall–Kier alpha value is -3.44. The molecule has 2 amide bonds. The van der Waals surface area contributed by atoms with Crippen molar-refractivity contribution >= 4 is 17.5 Å². The molecule has 5 heteroatoms.